The van der Waals surface area contributed by atoms with Gasteiger partial charge in [-0.25, -0.2) is 18.8 Å². The molecule has 9 heteroatoms. The highest BCUT2D eigenvalue weighted by Gasteiger charge is 2.36. The summed E-state index contributed by atoms with van der Waals surface area (Å²) in [6, 6.07) is 12.7. The van der Waals surface area contributed by atoms with Crippen molar-refractivity contribution in [3.8, 4) is 0 Å². The smallest absolute Gasteiger partial charge is 0.339 e. The van der Waals surface area contributed by atoms with E-state index >= 15 is 0 Å². The predicted octanol–water partition coefficient (Wildman–Crippen LogP) is 3.55. The van der Waals surface area contributed by atoms with E-state index in [1.165, 1.54) is 19.2 Å². The normalized spacial score (nSPS) is 16.8. The van der Waals surface area contributed by atoms with Crippen molar-refractivity contribution in [3.05, 3.63) is 65.5 Å². The van der Waals surface area contributed by atoms with Crippen molar-refractivity contribution in [2.45, 2.75) is 25.4 Å². The number of nitrogens with one attached hydrogen (secondary N) is 1. The Kier molecular flexibility index (Phi) is 6.76. The lowest BCUT2D eigenvalue weighted by Crippen LogP contribution is -2.49. The maximum atomic E-state index is 13.1. The van der Waals surface area contributed by atoms with Gasteiger partial charge in [0.2, 0.25) is 0 Å². The van der Waals surface area contributed by atoms with Crippen molar-refractivity contribution in [3.63, 3.8) is 0 Å². The number of methoxy groups -OCH3 is 1. The lowest BCUT2D eigenvalue weighted by molar-refractivity contribution is 0.0602. The largest absolute Gasteiger partial charge is 0.465 e. The molecule has 2 aromatic rings. The highest BCUT2D eigenvalue weighted by Crippen LogP contribution is 2.24. The molecule has 174 valence electrons. The number of halogens is 1. The van der Waals surface area contributed by atoms with Crippen LogP contribution in [-0.2, 0) is 11.3 Å². The number of urea groups is 2. The fourth-order valence-corrected chi connectivity index (χ4v) is 4.35. The number of ether oxygens (including phenoxy) is 1. The Morgan fingerprint density at radius 1 is 1.03 bits per heavy atom. The second-order valence-electron chi connectivity index (χ2n) is 8.21. The number of anilines is 1. The fourth-order valence-electron chi connectivity index (χ4n) is 4.35. The van der Waals surface area contributed by atoms with E-state index in [9.17, 15) is 18.8 Å². The van der Waals surface area contributed by atoms with Gasteiger partial charge in [0.1, 0.15) is 5.82 Å². The Balaban J connectivity index is 1.30. The number of carbonyl (C=O) groups excluding carboxylic acids is 3. The minimum absolute atomic E-state index is 0.0192. The average Bonchev–Trinajstić information content (AvgIpc) is 3.20. The third-order valence-corrected chi connectivity index (χ3v) is 6.18. The van der Waals surface area contributed by atoms with E-state index in [1.807, 2.05) is 4.90 Å². The topological polar surface area (TPSA) is 82.2 Å². The van der Waals surface area contributed by atoms with Crippen LogP contribution in [0.15, 0.2) is 48.5 Å². The third-order valence-electron chi connectivity index (χ3n) is 6.18. The van der Waals surface area contributed by atoms with Gasteiger partial charge < -0.3 is 24.8 Å². The van der Waals surface area contributed by atoms with Crippen LogP contribution in [0.4, 0.5) is 19.7 Å². The van der Waals surface area contributed by atoms with Gasteiger partial charge >= 0.3 is 18.0 Å². The van der Waals surface area contributed by atoms with Crippen LogP contribution in [0.5, 0.6) is 0 Å². The van der Waals surface area contributed by atoms with Crippen LogP contribution < -0.4 is 5.32 Å². The second-order valence-corrected chi connectivity index (χ2v) is 8.21. The number of para-hydroxylation sites is 1. The number of carbonyl (C=O) groups is 3. The number of amides is 4. The van der Waals surface area contributed by atoms with Gasteiger partial charge in [0.05, 0.1) is 18.4 Å². The maximum absolute atomic E-state index is 13.1. The first-order valence-corrected chi connectivity index (χ1v) is 11.0. The van der Waals surface area contributed by atoms with Gasteiger partial charge in [0.25, 0.3) is 0 Å². The van der Waals surface area contributed by atoms with Crippen molar-refractivity contribution in [1.29, 1.82) is 0 Å². The Hall–Kier alpha value is -3.62. The van der Waals surface area contributed by atoms with E-state index in [0.29, 0.717) is 56.8 Å². The van der Waals surface area contributed by atoms with Crippen LogP contribution >= 0.6 is 0 Å². The summed E-state index contributed by atoms with van der Waals surface area (Å²) in [5.41, 5.74) is 1.60. The average molecular weight is 455 g/mol. The number of hydrogen-bond donors (Lipinski definition) is 1. The predicted molar refractivity (Wildman–Crippen MR) is 120 cm³/mol. The number of esters is 1. The van der Waals surface area contributed by atoms with Crippen LogP contribution in [-0.4, -0.2) is 72.1 Å². The van der Waals surface area contributed by atoms with Crippen LogP contribution in [0, 0.1) is 5.82 Å². The number of likely N-dealkylation sites (tertiary alicyclic amines) is 1. The third kappa shape index (κ3) is 5.08. The highest BCUT2D eigenvalue weighted by atomic mass is 19.1. The molecule has 4 amide bonds. The van der Waals surface area contributed by atoms with Crippen LogP contribution in [0.25, 0.3) is 0 Å². The van der Waals surface area contributed by atoms with Crippen molar-refractivity contribution >= 4 is 23.7 Å². The van der Waals surface area contributed by atoms with Crippen LogP contribution in [0.1, 0.15) is 28.8 Å². The summed E-state index contributed by atoms with van der Waals surface area (Å²) in [5, 5.41) is 2.80. The Bertz CT molecular complexity index is 1020. The van der Waals surface area contributed by atoms with Gasteiger partial charge in [-0.15, -0.1) is 0 Å². The van der Waals surface area contributed by atoms with E-state index < -0.39 is 5.97 Å². The zero-order chi connectivity index (χ0) is 23.4. The molecule has 0 spiro atoms. The number of rotatable bonds is 5. The Morgan fingerprint density at radius 3 is 2.42 bits per heavy atom. The number of piperidine rings is 1. The molecule has 0 atom stereocenters. The Morgan fingerprint density at radius 2 is 1.73 bits per heavy atom. The van der Waals surface area contributed by atoms with Gasteiger partial charge in [-0.1, -0.05) is 24.3 Å². The lowest BCUT2D eigenvalue weighted by Gasteiger charge is -2.36. The second kappa shape index (κ2) is 9.89. The molecule has 2 heterocycles. The minimum Gasteiger partial charge on any atom is -0.465 e. The molecule has 0 aromatic heterocycles. The molecular formula is C24H27FN4O4. The fraction of sp³-hybridized carbons (Fsp3) is 0.375. The Labute approximate surface area is 191 Å². The zero-order valence-corrected chi connectivity index (χ0v) is 18.5. The summed E-state index contributed by atoms with van der Waals surface area (Å²) in [6.45, 7) is 2.75. The number of nitrogens with zero attached hydrogens (tertiary/aromatic N) is 3. The molecule has 0 radical (unpaired) electrons. The standard InChI is InChI=1S/C24H27FN4O4/c1-33-22(30)20-4-2-3-5-21(20)26-23(31)27-12-10-19(11-13-27)29-15-14-28(24(29)32)16-17-6-8-18(25)9-7-17/h2-9,19H,10-16H2,1H3,(H,26,31). The monoisotopic (exact) mass is 454 g/mol. The van der Waals surface area contributed by atoms with Crippen molar-refractivity contribution < 1.29 is 23.5 Å². The number of benzene rings is 2. The van der Waals surface area contributed by atoms with Crippen LogP contribution in [0.3, 0.4) is 0 Å². The van der Waals surface area contributed by atoms with Gasteiger partial charge in [0.15, 0.2) is 0 Å². The maximum Gasteiger partial charge on any atom is 0.339 e. The molecule has 0 aliphatic carbocycles. The summed E-state index contributed by atoms with van der Waals surface area (Å²) in [7, 11) is 1.30. The molecule has 2 aromatic carbocycles. The quantitative estimate of drug-likeness (QED) is 0.701. The minimum atomic E-state index is -0.512. The molecule has 2 aliphatic rings. The molecule has 2 fully saturated rings. The molecule has 4 rings (SSSR count). The molecule has 0 unspecified atom stereocenters. The summed E-state index contributed by atoms with van der Waals surface area (Å²) in [6.07, 6.45) is 1.37. The van der Waals surface area contributed by atoms with Gasteiger partial charge in [0, 0.05) is 38.8 Å². The van der Waals surface area contributed by atoms with E-state index in [2.05, 4.69) is 5.32 Å². The molecular weight excluding hydrogens is 427 g/mol. The van der Waals surface area contributed by atoms with Gasteiger partial charge in [-0.05, 0) is 42.7 Å². The van der Waals surface area contributed by atoms with E-state index in [1.54, 1.807) is 46.2 Å². The summed E-state index contributed by atoms with van der Waals surface area (Å²) >= 11 is 0. The SMILES string of the molecule is COC(=O)c1ccccc1NC(=O)N1CCC(N2CCN(Cc3ccc(F)cc3)C2=O)CC1. The lowest BCUT2D eigenvalue weighted by atomic mass is 10.0. The number of hydrogen-bond acceptors (Lipinski definition) is 4. The van der Waals surface area contributed by atoms with Crippen molar-refractivity contribution in [2.24, 2.45) is 0 Å². The van der Waals surface area contributed by atoms with Crippen molar-refractivity contribution in [1.82, 2.24) is 14.7 Å². The molecule has 2 saturated heterocycles. The molecule has 1 N–H and O–H groups in total. The van der Waals surface area contributed by atoms with E-state index in [4.69, 9.17) is 4.74 Å². The van der Waals surface area contributed by atoms with Gasteiger partial charge in [-0.2, -0.15) is 0 Å². The molecule has 0 saturated carbocycles. The first-order chi connectivity index (χ1) is 16.0. The van der Waals surface area contributed by atoms with Gasteiger partial charge in [-0.3, -0.25) is 0 Å². The van der Waals surface area contributed by atoms with E-state index in [0.717, 1.165) is 5.56 Å². The molecule has 8 nitrogen and oxygen atoms in total. The highest BCUT2D eigenvalue weighted by molar-refractivity contribution is 6.00. The van der Waals surface area contributed by atoms with E-state index in [-0.39, 0.29) is 23.9 Å². The summed E-state index contributed by atoms with van der Waals surface area (Å²) in [5.74, 6) is -0.806. The molecule has 2 aliphatic heterocycles. The first-order valence-electron chi connectivity index (χ1n) is 11.0. The molecule has 33 heavy (non-hydrogen) atoms. The summed E-state index contributed by atoms with van der Waals surface area (Å²) in [4.78, 5) is 42.9. The van der Waals surface area contributed by atoms with Crippen molar-refractivity contribution in [2.75, 3.05) is 38.6 Å². The molecule has 0 bridgehead atoms. The zero-order valence-electron chi connectivity index (χ0n) is 18.5. The summed E-state index contributed by atoms with van der Waals surface area (Å²) < 4.78 is 17.9. The van der Waals surface area contributed by atoms with Crippen LogP contribution in [0.2, 0.25) is 0 Å². The first kappa shape index (κ1) is 22.6.